The lowest BCUT2D eigenvalue weighted by Crippen LogP contribution is -2.35. The molecular weight excluding hydrogens is 327 g/mol. The first-order valence-corrected chi connectivity index (χ1v) is 8.68. The van der Waals surface area contributed by atoms with Crippen molar-refractivity contribution in [3.05, 3.63) is 58.9 Å². The van der Waals surface area contributed by atoms with Crippen LogP contribution in [0.1, 0.15) is 18.4 Å². The van der Waals surface area contributed by atoms with Gasteiger partial charge in [0.05, 0.1) is 16.4 Å². The summed E-state index contributed by atoms with van der Waals surface area (Å²) in [6.07, 6.45) is 2.01. The van der Waals surface area contributed by atoms with Gasteiger partial charge in [-0.05, 0) is 48.6 Å². The summed E-state index contributed by atoms with van der Waals surface area (Å²) in [7, 11) is 0. The van der Waals surface area contributed by atoms with E-state index in [1.807, 2.05) is 24.3 Å². The van der Waals surface area contributed by atoms with Crippen LogP contribution in [0.2, 0.25) is 5.02 Å². The van der Waals surface area contributed by atoms with Gasteiger partial charge in [0.1, 0.15) is 5.82 Å². The highest BCUT2D eigenvalue weighted by molar-refractivity contribution is 6.30. The number of hydrogen-bond donors (Lipinski definition) is 2. The Morgan fingerprint density at radius 2 is 1.92 bits per heavy atom. The number of benzene rings is 2. The highest BCUT2D eigenvalue weighted by atomic mass is 35.5. The van der Waals surface area contributed by atoms with Gasteiger partial charge in [0.25, 0.3) is 0 Å². The van der Waals surface area contributed by atoms with Crippen LogP contribution in [0.25, 0.3) is 0 Å². The molecule has 0 radical (unpaired) electrons. The third-order valence-electron chi connectivity index (χ3n) is 4.58. The predicted molar refractivity (Wildman–Crippen MR) is 97.2 cm³/mol. The molecule has 1 fully saturated rings. The van der Waals surface area contributed by atoms with Gasteiger partial charge in [0, 0.05) is 26.2 Å². The van der Waals surface area contributed by atoms with Crippen molar-refractivity contribution in [2.75, 3.05) is 29.9 Å². The Morgan fingerprint density at radius 1 is 1.17 bits per heavy atom. The van der Waals surface area contributed by atoms with E-state index in [2.05, 4.69) is 16.3 Å². The molecule has 128 valence electrons. The summed E-state index contributed by atoms with van der Waals surface area (Å²) in [5.74, 6) is 0.0220. The lowest BCUT2D eigenvalue weighted by Gasteiger charge is -2.34. The summed E-state index contributed by atoms with van der Waals surface area (Å²) in [6.45, 7) is 2.70. The van der Waals surface area contributed by atoms with Crippen LogP contribution in [0.5, 0.6) is 0 Å². The van der Waals surface area contributed by atoms with E-state index in [1.165, 1.54) is 6.07 Å². The highest BCUT2D eigenvalue weighted by Gasteiger charge is 2.20. The number of anilines is 2. The van der Waals surface area contributed by atoms with Gasteiger partial charge in [-0.3, -0.25) is 0 Å². The van der Waals surface area contributed by atoms with Gasteiger partial charge in [0.2, 0.25) is 0 Å². The number of rotatable bonds is 5. The molecule has 0 aromatic heterocycles. The third-order valence-corrected chi connectivity index (χ3v) is 4.89. The maximum Gasteiger partial charge on any atom is 0.142 e. The Hall–Kier alpha value is -1.78. The summed E-state index contributed by atoms with van der Waals surface area (Å²) in [6, 6.07) is 13.0. The fourth-order valence-electron chi connectivity index (χ4n) is 3.10. The standard InChI is InChI=1S/C19H22ClFN2O/c20-16-6-5-15(11-17(16)21)12-22-18-3-1-2-4-19(18)23-9-7-14(13-24)8-10-23/h1-6,11,14,22,24H,7-10,12-13H2. The molecule has 1 aliphatic heterocycles. The number of nitrogens with one attached hydrogen (secondary N) is 1. The van der Waals surface area contributed by atoms with Crippen molar-refractivity contribution in [1.82, 2.24) is 0 Å². The summed E-state index contributed by atoms with van der Waals surface area (Å²) < 4.78 is 13.6. The van der Waals surface area contributed by atoms with Crippen molar-refractivity contribution in [2.45, 2.75) is 19.4 Å². The van der Waals surface area contributed by atoms with Gasteiger partial charge in [-0.1, -0.05) is 29.8 Å². The molecule has 3 nitrogen and oxygen atoms in total. The summed E-state index contributed by atoms with van der Waals surface area (Å²) >= 11 is 5.73. The quantitative estimate of drug-likeness (QED) is 0.845. The van der Waals surface area contributed by atoms with E-state index in [-0.39, 0.29) is 11.6 Å². The molecule has 0 aliphatic carbocycles. The molecule has 0 spiro atoms. The van der Waals surface area contributed by atoms with E-state index in [0.717, 1.165) is 42.9 Å². The first-order chi connectivity index (χ1) is 11.7. The molecular formula is C19H22ClFN2O. The number of para-hydroxylation sites is 2. The van der Waals surface area contributed by atoms with Crippen molar-refractivity contribution in [3.8, 4) is 0 Å². The predicted octanol–water partition coefficient (Wildman–Crippen LogP) is 4.30. The van der Waals surface area contributed by atoms with E-state index in [4.69, 9.17) is 11.6 Å². The molecule has 3 rings (SSSR count). The molecule has 1 saturated heterocycles. The molecule has 0 saturated carbocycles. The van der Waals surface area contributed by atoms with Crippen LogP contribution in [0.15, 0.2) is 42.5 Å². The van der Waals surface area contributed by atoms with E-state index < -0.39 is 5.82 Å². The Balaban J connectivity index is 1.69. The largest absolute Gasteiger partial charge is 0.396 e. The molecule has 1 heterocycles. The average Bonchev–Trinajstić information content (AvgIpc) is 2.63. The molecule has 0 atom stereocenters. The maximum absolute atomic E-state index is 13.6. The zero-order chi connectivity index (χ0) is 16.9. The minimum atomic E-state index is -0.393. The van der Waals surface area contributed by atoms with Crippen molar-refractivity contribution in [3.63, 3.8) is 0 Å². The Morgan fingerprint density at radius 3 is 2.62 bits per heavy atom. The van der Waals surface area contributed by atoms with Gasteiger partial charge in [0.15, 0.2) is 0 Å². The van der Waals surface area contributed by atoms with Crippen molar-refractivity contribution < 1.29 is 9.50 Å². The van der Waals surface area contributed by atoms with Crippen LogP contribution in [-0.4, -0.2) is 24.8 Å². The summed E-state index contributed by atoms with van der Waals surface area (Å²) in [5.41, 5.74) is 3.05. The normalized spacial score (nSPS) is 15.5. The Bertz CT molecular complexity index is 687. The molecule has 5 heteroatoms. The molecule has 1 aliphatic rings. The second kappa shape index (κ2) is 7.86. The molecule has 2 aromatic rings. The van der Waals surface area contributed by atoms with Gasteiger partial charge < -0.3 is 15.3 Å². The minimum Gasteiger partial charge on any atom is -0.396 e. The fourth-order valence-corrected chi connectivity index (χ4v) is 3.22. The van der Waals surface area contributed by atoms with Crippen molar-refractivity contribution in [1.29, 1.82) is 0 Å². The summed E-state index contributed by atoms with van der Waals surface area (Å²) in [5, 5.41) is 12.8. The molecule has 0 bridgehead atoms. The number of halogens is 2. The number of hydrogen-bond acceptors (Lipinski definition) is 3. The second-order valence-corrected chi connectivity index (χ2v) is 6.64. The van der Waals surface area contributed by atoms with Gasteiger partial charge in [-0.15, -0.1) is 0 Å². The first-order valence-electron chi connectivity index (χ1n) is 8.30. The Kier molecular flexibility index (Phi) is 5.59. The number of aliphatic hydroxyl groups excluding tert-OH is 1. The molecule has 2 N–H and O–H groups in total. The number of piperidine rings is 1. The zero-order valence-electron chi connectivity index (χ0n) is 13.5. The first kappa shape index (κ1) is 17.1. The van der Waals surface area contributed by atoms with Crippen LogP contribution in [0.3, 0.4) is 0 Å². The van der Waals surface area contributed by atoms with Gasteiger partial charge in [-0.25, -0.2) is 4.39 Å². The van der Waals surface area contributed by atoms with Crippen LogP contribution in [0.4, 0.5) is 15.8 Å². The maximum atomic E-state index is 13.6. The van der Waals surface area contributed by atoms with Gasteiger partial charge >= 0.3 is 0 Å². The van der Waals surface area contributed by atoms with E-state index in [0.29, 0.717) is 12.5 Å². The molecule has 0 unspecified atom stereocenters. The second-order valence-electron chi connectivity index (χ2n) is 6.23. The minimum absolute atomic E-state index is 0.144. The van der Waals surface area contributed by atoms with Crippen LogP contribution in [-0.2, 0) is 6.54 Å². The van der Waals surface area contributed by atoms with Crippen molar-refractivity contribution in [2.24, 2.45) is 5.92 Å². The average molecular weight is 349 g/mol. The van der Waals surface area contributed by atoms with Crippen LogP contribution in [0, 0.1) is 11.7 Å². The van der Waals surface area contributed by atoms with Gasteiger partial charge in [-0.2, -0.15) is 0 Å². The lowest BCUT2D eigenvalue weighted by atomic mass is 9.97. The molecule has 0 amide bonds. The monoisotopic (exact) mass is 348 g/mol. The van der Waals surface area contributed by atoms with E-state index >= 15 is 0 Å². The lowest BCUT2D eigenvalue weighted by molar-refractivity contribution is 0.203. The topological polar surface area (TPSA) is 35.5 Å². The Labute approximate surface area is 147 Å². The highest BCUT2D eigenvalue weighted by Crippen LogP contribution is 2.30. The molecule has 2 aromatic carbocycles. The van der Waals surface area contributed by atoms with Crippen LogP contribution >= 0.6 is 11.6 Å². The van der Waals surface area contributed by atoms with E-state index in [1.54, 1.807) is 6.07 Å². The van der Waals surface area contributed by atoms with E-state index in [9.17, 15) is 9.50 Å². The zero-order valence-corrected chi connectivity index (χ0v) is 14.3. The van der Waals surface area contributed by atoms with Crippen molar-refractivity contribution >= 4 is 23.0 Å². The summed E-state index contributed by atoms with van der Waals surface area (Å²) in [4.78, 5) is 2.34. The SMILES string of the molecule is OCC1CCN(c2ccccc2NCc2ccc(Cl)c(F)c2)CC1. The smallest absolute Gasteiger partial charge is 0.142 e. The molecule has 24 heavy (non-hydrogen) atoms. The fraction of sp³-hybridized carbons (Fsp3) is 0.368. The van der Waals surface area contributed by atoms with Crippen LogP contribution < -0.4 is 10.2 Å². The number of nitrogens with zero attached hydrogens (tertiary/aromatic N) is 1. The third kappa shape index (κ3) is 4.00. The number of aliphatic hydroxyl groups is 1.